The summed E-state index contributed by atoms with van der Waals surface area (Å²) in [6.07, 6.45) is 24.4. The van der Waals surface area contributed by atoms with E-state index in [9.17, 15) is 33.6 Å². The molecule has 0 bridgehead atoms. The number of carbonyl (C=O) groups is 7. The minimum atomic E-state index is -0.906. The molecule has 0 aromatic rings. The third-order valence-electron chi connectivity index (χ3n) is 13.7. The molecule has 0 spiro atoms. The largest absolute Gasteiger partial charge is 0.465 e. The molecule has 0 radical (unpaired) electrons. The zero-order valence-corrected chi connectivity index (χ0v) is 48.8. The minimum Gasteiger partial charge on any atom is -0.465 e. The number of hydrogen-bond donors (Lipinski definition) is 0. The van der Waals surface area contributed by atoms with Crippen LogP contribution in [0.1, 0.15) is 253 Å². The van der Waals surface area contributed by atoms with Crippen molar-refractivity contribution in [2.24, 2.45) is 11.8 Å². The van der Waals surface area contributed by atoms with E-state index in [1.54, 1.807) is 0 Å². The Bertz CT molecular complexity index is 1370. The third kappa shape index (κ3) is 39.4. The first-order valence-corrected chi connectivity index (χ1v) is 30.5. The highest BCUT2D eigenvalue weighted by molar-refractivity contribution is 5.73. The van der Waals surface area contributed by atoms with E-state index in [0.717, 1.165) is 154 Å². The van der Waals surface area contributed by atoms with Crippen molar-refractivity contribution in [2.45, 2.75) is 266 Å². The first kappa shape index (κ1) is 70.1. The van der Waals surface area contributed by atoms with Crippen LogP contribution in [-0.4, -0.2) is 130 Å². The predicted molar refractivity (Wildman–Crippen MR) is 296 cm³/mol. The van der Waals surface area contributed by atoms with Crippen LogP contribution in [0.25, 0.3) is 0 Å². The highest BCUT2D eigenvalue weighted by Gasteiger charge is 2.36. The van der Waals surface area contributed by atoms with Crippen molar-refractivity contribution < 1.29 is 66.7 Å². The quantitative estimate of drug-likeness (QED) is 0.0317. The fourth-order valence-electron chi connectivity index (χ4n) is 9.25. The second kappa shape index (κ2) is 48.2. The molecule has 16 nitrogen and oxygen atoms in total. The molecule has 1 rings (SSSR count). The number of piperidine rings is 1. The third-order valence-corrected chi connectivity index (χ3v) is 13.7. The average Bonchev–Trinajstić information content (AvgIpc) is 3.39. The number of likely N-dealkylation sites (tertiary alicyclic amines) is 1. The molecule has 442 valence electrons. The fraction of sp³-hybridized carbons (Fsp3) is 0.883. The molecule has 1 fully saturated rings. The van der Waals surface area contributed by atoms with Crippen molar-refractivity contribution in [3.05, 3.63) is 0 Å². The van der Waals surface area contributed by atoms with Crippen LogP contribution in [0, 0.1) is 11.8 Å². The van der Waals surface area contributed by atoms with Crippen molar-refractivity contribution in [3.63, 3.8) is 0 Å². The molecule has 16 heteroatoms. The Morgan fingerprint density at radius 2 is 0.684 bits per heavy atom. The van der Waals surface area contributed by atoms with Gasteiger partial charge in [0.2, 0.25) is 0 Å². The van der Waals surface area contributed by atoms with Gasteiger partial charge in [-0.05, 0) is 51.6 Å². The maximum atomic E-state index is 13.8. The lowest BCUT2D eigenvalue weighted by atomic mass is 10.0. The summed E-state index contributed by atoms with van der Waals surface area (Å²) < 4.78 is 40.2. The summed E-state index contributed by atoms with van der Waals surface area (Å²) in [7, 11) is 0. The Balaban J connectivity index is 3.20. The number of unbranched alkanes of at least 4 members (excludes halogenated alkanes) is 20. The van der Waals surface area contributed by atoms with E-state index in [1.165, 1.54) is 4.90 Å². The van der Waals surface area contributed by atoms with Gasteiger partial charge < -0.3 is 38.1 Å². The topological polar surface area (TPSA) is 191 Å². The van der Waals surface area contributed by atoms with Crippen LogP contribution >= 0.6 is 0 Å². The van der Waals surface area contributed by atoms with Gasteiger partial charge in [0.1, 0.15) is 18.8 Å². The van der Waals surface area contributed by atoms with E-state index in [0.29, 0.717) is 32.2 Å². The first-order chi connectivity index (χ1) is 36.9. The minimum absolute atomic E-state index is 0.0247. The first-order valence-electron chi connectivity index (χ1n) is 30.5. The number of hydrogen-bond acceptors (Lipinski definition) is 15. The Hall–Kier alpha value is -3.95. The maximum Gasteiger partial charge on any atom is 0.410 e. The lowest BCUT2D eigenvalue weighted by Crippen LogP contribution is -2.51. The molecule has 0 aliphatic carbocycles. The highest BCUT2D eigenvalue weighted by atomic mass is 16.6. The summed E-state index contributed by atoms with van der Waals surface area (Å²) in [4.78, 5) is 96.1. The number of amides is 1. The Labute approximate surface area is 460 Å². The van der Waals surface area contributed by atoms with Gasteiger partial charge in [-0.25, -0.2) is 4.79 Å². The van der Waals surface area contributed by atoms with Gasteiger partial charge in [-0.15, -0.1) is 0 Å². The molecule has 1 saturated heterocycles. The van der Waals surface area contributed by atoms with Gasteiger partial charge in [-0.1, -0.05) is 170 Å². The van der Waals surface area contributed by atoms with Crippen molar-refractivity contribution in [3.8, 4) is 0 Å². The van der Waals surface area contributed by atoms with Gasteiger partial charge >= 0.3 is 41.9 Å². The van der Waals surface area contributed by atoms with Gasteiger partial charge in [0.25, 0.3) is 0 Å². The standard InChI is InChI=1S/C60H108N2O14/c1-7-13-17-21-25-29-33-54(63)71-46-50(47-72-55(64)34-30-26-22-18-14-8-2)41-58(67)75-52-43-53(45-62(44-52)60(69)70-40-39-61(37-11-5)38-12-6)76-59(68)42-51(48-73-56(65)35-31-27-23-19-15-9-3)49-74-57(66)36-32-28-24-20-16-10-4/h50-53H,7-49H2,1-6H3/t52-,53-/m1/s1. The average molecular weight is 1080 g/mol. The second-order valence-corrected chi connectivity index (χ2v) is 21.3. The molecule has 1 aliphatic rings. The van der Waals surface area contributed by atoms with Crippen LogP contribution in [0.3, 0.4) is 0 Å². The summed E-state index contributed by atoms with van der Waals surface area (Å²) in [5.41, 5.74) is 0. The van der Waals surface area contributed by atoms with E-state index in [4.69, 9.17) is 33.2 Å². The van der Waals surface area contributed by atoms with Crippen LogP contribution in [0.15, 0.2) is 0 Å². The number of carbonyl (C=O) groups excluding carboxylic acids is 7. The van der Waals surface area contributed by atoms with Crippen LogP contribution in [-0.2, 0) is 61.9 Å². The molecule has 0 saturated carbocycles. The molecular formula is C60H108N2O14. The summed E-state index contributed by atoms with van der Waals surface area (Å²) in [5.74, 6) is -4.21. The Morgan fingerprint density at radius 1 is 0.382 bits per heavy atom. The fourth-order valence-corrected chi connectivity index (χ4v) is 9.25. The van der Waals surface area contributed by atoms with Crippen molar-refractivity contribution in [1.82, 2.24) is 9.80 Å². The van der Waals surface area contributed by atoms with Crippen LogP contribution in [0.2, 0.25) is 0 Å². The zero-order chi connectivity index (χ0) is 55.9. The van der Waals surface area contributed by atoms with Crippen LogP contribution in [0.4, 0.5) is 4.79 Å². The molecule has 1 heterocycles. The number of nitrogens with zero attached hydrogens (tertiary/aromatic N) is 2. The highest BCUT2D eigenvalue weighted by Crippen LogP contribution is 2.22. The molecule has 2 atom stereocenters. The van der Waals surface area contributed by atoms with Crippen molar-refractivity contribution >= 4 is 41.9 Å². The summed E-state index contributed by atoms with van der Waals surface area (Å²) in [6.45, 7) is 14.6. The van der Waals surface area contributed by atoms with E-state index in [1.807, 2.05) is 0 Å². The lowest BCUT2D eigenvalue weighted by Gasteiger charge is -2.36. The van der Waals surface area contributed by atoms with Gasteiger partial charge in [-0.2, -0.15) is 0 Å². The van der Waals surface area contributed by atoms with Gasteiger partial charge in [0, 0.05) is 50.5 Å². The SMILES string of the molecule is CCCCCCCCC(=O)OCC(COC(=O)CCCCCCCC)CC(=O)O[C@@H]1C[C@@H](OC(=O)CC(COC(=O)CCCCCCCC)COC(=O)CCCCCCCC)CN(C(=O)OCCN(CCC)CCC)C1. The monoisotopic (exact) mass is 1080 g/mol. The molecule has 1 amide bonds. The van der Waals surface area contributed by atoms with E-state index in [2.05, 4.69) is 46.4 Å². The summed E-state index contributed by atoms with van der Waals surface area (Å²) in [5, 5.41) is 0. The maximum absolute atomic E-state index is 13.8. The molecular weight excluding hydrogens is 973 g/mol. The van der Waals surface area contributed by atoms with Crippen molar-refractivity contribution in [2.75, 3.05) is 65.8 Å². The van der Waals surface area contributed by atoms with E-state index < -0.39 is 42.1 Å². The van der Waals surface area contributed by atoms with Gasteiger partial charge in [-0.3, -0.25) is 33.7 Å². The van der Waals surface area contributed by atoms with Gasteiger partial charge in [0.15, 0.2) is 0 Å². The number of ether oxygens (including phenoxy) is 7. The molecule has 0 aromatic carbocycles. The van der Waals surface area contributed by atoms with Crippen LogP contribution < -0.4 is 0 Å². The Kier molecular flexibility index (Phi) is 44.4. The molecule has 1 aliphatic heterocycles. The Morgan fingerprint density at radius 3 is 0.987 bits per heavy atom. The van der Waals surface area contributed by atoms with Gasteiger partial charge in [0.05, 0.1) is 52.4 Å². The van der Waals surface area contributed by atoms with E-state index >= 15 is 0 Å². The number of rotatable bonds is 49. The normalized spacial score (nSPS) is 14.5. The second-order valence-electron chi connectivity index (χ2n) is 21.3. The zero-order valence-electron chi connectivity index (χ0n) is 48.8. The van der Waals surface area contributed by atoms with Crippen LogP contribution in [0.5, 0.6) is 0 Å². The molecule has 0 aromatic heterocycles. The van der Waals surface area contributed by atoms with Crippen molar-refractivity contribution in [1.29, 1.82) is 0 Å². The summed E-state index contributed by atoms with van der Waals surface area (Å²) >= 11 is 0. The lowest BCUT2D eigenvalue weighted by molar-refractivity contribution is -0.166. The summed E-state index contributed by atoms with van der Waals surface area (Å²) in [6, 6.07) is 0. The predicted octanol–water partition coefficient (Wildman–Crippen LogP) is 13.0. The smallest absolute Gasteiger partial charge is 0.410 e. The number of esters is 6. The molecule has 0 N–H and O–H groups in total. The van der Waals surface area contributed by atoms with E-state index in [-0.39, 0.29) is 115 Å². The molecule has 76 heavy (non-hydrogen) atoms. The molecule has 0 unspecified atom stereocenters.